The molecule has 1 saturated heterocycles. The van der Waals surface area contributed by atoms with Gasteiger partial charge in [-0.1, -0.05) is 60.7 Å². The van der Waals surface area contributed by atoms with Gasteiger partial charge in [-0.3, -0.25) is 19.2 Å². The Labute approximate surface area is 279 Å². The van der Waals surface area contributed by atoms with E-state index in [1.165, 1.54) is 12.1 Å². The molecule has 3 aromatic carbocycles. The quantitative estimate of drug-likeness (QED) is 0.153. The molecular formula is C35H41ClN6O5. The van der Waals surface area contributed by atoms with Crippen LogP contribution in [0.4, 0.5) is 0 Å². The number of nitrogens with two attached hydrogens (primary N) is 1. The summed E-state index contributed by atoms with van der Waals surface area (Å²) >= 11 is 0. The number of para-hydroxylation sites is 1. The standard InChI is InChI=1S/C35H40N6O5.ClH/c36-27(18-23-13-15-25(42)16-14-23)32(43)39-29-12-6-7-17-37-33(44)30(19-22-8-2-1-3-9-22)40-35(46)31(41-34(29)45)20-24-21-38-28-11-5-4-10-26(24)28;/h1-5,8-11,13-16,21,27,29-31,38,42H,6-7,12,17-20,36H2,(H,37,44)(H,39,43)(H,40,46)(H,41,45);1H/t27-,29?,30?,31?;/m0./s1. The summed E-state index contributed by atoms with van der Waals surface area (Å²) < 4.78 is 0. The third-order valence-corrected chi connectivity index (χ3v) is 8.23. The number of benzene rings is 3. The van der Waals surface area contributed by atoms with Crippen LogP contribution >= 0.6 is 12.4 Å². The first-order chi connectivity index (χ1) is 22.3. The van der Waals surface area contributed by atoms with Crippen molar-refractivity contribution in [2.75, 3.05) is 6.54 Å². The highest BCUT2D eigenvalue weighted by Gasteiger charge is 2.31. The fourth-order valence-corrected chi connectivity index (χ4v) is 5.67. The molecule has 2 heterocycles. The van der Waals surface area contributed by atoms with E-state index in [-0.39, 0.29) is 49.7 Å². The van der Waals surface area contributed by atoms with Gasteiger partial charge in [-0.05, 0) is 60.6 Å². The van der Waals surface area contributed by atoms with Crippen LogP contribution in [0.3, 0.4) is 0 Å². The van der Waals surface area contributed by atoms with Gasteiger partial charge in [0, 0.05) is 36.5 Å². The van der Waals surface area contributed by atoms with Crippen molar-refractivity contribution in [3.05, 3.63) is 102 Å². The number of halogens is 1. The molecule has 0 spiro atoms. The second-order valence-electron chi connectivity index (χ2n) is 11.7. The van der Waals surface area contributed by atoms with E-state index in [0.29, 0.717) is 19.4 Å². The number of aromatic nitrogens is 1. The molecular weight excluding hydrogens is 620 g/mol. The Morgan fingerprint density at radius 1 is 0.830 bits per heavy atom. The fourth-order valence-electron chi connectivity index (χ4n) is 5.67. The highest BCUT2D eigenvalue weighted by Crippen LogP contribution is 2.20. The number of fused-ring (bicyclic) bond motifs is 1. The SMILES string of the molecule is Cl.N[C@@H](Cc1ccc(O)cc1)C(=O)NC1CCCCNC(=O)C(Cc2ccccc2)NC(=O)C(Cc2c[nH]c3ccccc23)NC1=O. The lowest BCUT2D eigenvalue weighted by Crippen LogP contribution is -2.58. The molecule has 0 aliphatic carbocycles. The third-order valence-electron chi connectivity index (χ3n) is 8.23. The molecule has 0 bridgehead atoms. The molecule has 8 N–H and O–H groups in total. The molecule has 0 saturated carbocycles. The number of H-pyrrole nitrogens is 1. The second kappa shape index (κ2) is 16.6. The van der Waals surface area contributed by atoms with E-state index in [9.17, 15) is 24.3 Å². The zero-order valence-electron chi connectivity index (χ0n) is 25.9. The lowest BCUT2D eigenvalue weighted by Gasteiger charge is -2.25. The van der Waals surface area contributed by atoms with Gasteiger partial charge in [0.25, 0.3) is 0 Å². The Morgan fingerprint density at radius 2 is 1.51 bits per heavy atom. The highest BCUT2D eigenvalue weighted by atomic mass is 35.5. The van der Waals surface area contributed by atoms with Crippen LogP contribution in [0.2, 0.25) is 0 Å². The van der Waals surface area contributed by atoms with Crippen LogP contribution in [0.25, 0.3) is 10.9 Å². The maximum absolute atomic E-state index is 13.9. The molecule has 4 amide bonds. The van der Waals surface area contributed by atoms with E-state index in [0.717, 1.165) is 27.6 Å². The lowest BCUT2D eigenvalue weighted by molar-refractivity contribution is -0.133. The molecule has 248 valence electrons. The second-order valence-corrected chi connectivity index (χ2v) is 11.7. The Kier molecular flexibility index (Phi) is 12.4. The van der Waals surface area contributed by atoms with Crippen LogP contribution in [0.15, 0.2) is 85.1 Å². The number of hydrogen-bond acceptors (Lipinski definition) is 6. The Bertz CT molecular complexity index is 1660. The van der Waals surface area contributed by atoms with Crippen molar-refractivity contribution >= 4 is 46.9 Å². The van der Waals surface area contributed by atoms with Crippen molar-refractivity contribution in [3.63, 3.8) is 0 Å². The highest BCUT2D eigenvalue weighted by molar-refractivity contribution is 5.95. The third kappa shape index (κ3) is 9.57. The molecule has 1 aromatic heterocycles. The molecule has 0 radical (unpaired) electrons. The van der Waals surface area contributed by atoms with Crippen molar-refractivity contribution < 1.29 is 24.3 Å². The van der Waals surface area contributed by atoms with Crippen LogP contribution in [0, 0.1) is 0 Å². The summed E-state index contributed by atoms with van der Waals surface area (Å²) in [6.07, 6.45) is 3.83. The lowest BCUT2D eigenvalue weighted by atomic mass is 10.0. The summed E-state index contributed by atoms with van der Waals surface area (Å²) in [5, 5.41) is 21.9. The van der Waals surface area contributed by atoms with Crippen molar-refractivity contribution in [2.24, 2.45) is 5.73 Å². The minimum Gasteiger partial charge on any atom is -0.508 e. The van der Waals surface area contributed by atoms with E-state index in [4.69, 9.17) is 5.73 Å². The number of hydrogen-bond donors (Lipinski definition) is 7. The molecule has 4 atom stereocenters. The predicted molar refractivity (Wildman–Crippen MR) is 182 cm³/mol. The smallest absolute Gasteiger partial charge is 0.243 e. The van der Waals surface area contributed by atoms with Gasteiger partial charge >= 0.3 is 0 Å². The normalized spacial score (nSPS) is 19.9. The maximum atomic E-state index is 13.9. The van der Waals surface area contributed by atoms with E-state index in [1.807, 2.05) is 54.6 Å². The van der Waals surface area contributed by atoms with Gasteiger partial charge in [-0.15, -0.1) is 12.4 Å². The number of aromatic hydroxyl groups is 1. The van der Waals surface area contributed by atoms with Gasteiger partial charge < -0.3 is 37.1 Å². The molecule has 47 heavy (non-hydrogen) atoms. The number of carbonyl (C=O) groups excluding carboxylic acids is 4. The van der Waals surface area contributed by atoms with E-state index < -0.39 is 41.9 Å². The predicted octanol–water partition coefficient (Wildman–Crippen LogP) is 2.40. The van der Waals surface area contributed by atoms with Crippen LogP contribution in [-0.2, 0) is 38.4 Å². The van der Waals surface area contributed by atoms with Crippen molar-refractivity contribution in [2.45, 2.75) is 62.7 Å². The summed E-state index contributed by atoms with van der Waals surface area (Å²) in [6.45, 7) is 0.349. The number of aromatic amines is 1. The van der Waals surface area contributed by atoms with Gasteiger partial charge in [-0.25, -0.2) is 0 Å². The van der Waals surface area contributed by atoms with E-state index in [2.05, 4.69) is 26.3 Å². The summed E-state index contributed by atoms with van der Waals surface area (Å²) in [7, 11) is 0. The van der Waals surface area contributed by atoms with Crippen LogP contribution in [0.1, 0.15) is 36.0 Å². The molecule has 1 aliphatic rings. The van der Waals surface area contributed by atoms with Gasteiger partial charge in [0.15, 0.2) is 0 Å². The van der Waals surface area contributed by atoms with Crippen molar-refractivity contribution in [3.8, 4) is 5.75 Å². The van der Waals surface area contributed by atoms with Gasteiger partial charge in [0.2, 0.25) is 23.6 Å². The van der Waals surface area contributed by atoms with Crippen LogP contribution in [-0.4, -0.2) is 64.4 Å². The maximum Gasteiger partial charge on any atom is 0.243 e. The van der Waals surface area contributed by atoms with Gasteiger partial charge in [0.05, 0.1) is 6.04 Å². The number of amides is 4. The van der Waals surface area contributed by atoms with Gasteiger partial charge in [-0.2, -0.15) is 0 Å². The first-order valence-electron chi connectivity index (χ1n) is 15.6. The zero-order valence-corrected chi connectivity index (χ0v) is 26.7. The summed E-state index contributed by atoms with van der Waals surface area (Å²) in [5.74, 6) is -1.73. The first kappa shape index (κ1) is 35.0. The van der Waals surface area contributed by atoms with Crippen molar-refractivity contribution in [1.82, 2.24) is 26.3 Å². The minimum absolute atomic E-state index is 0. The average Bonchev–Trinajstić information content (AvgIpc) is 3.47. The summed E-state index contributed by atoms with van der Waals surface area (Å²) in [5.41, 5.74) is 9.56. The Hall–Kier alpha value is -4.87. The first-order valence-corrected chi connectivity index (χ1v) is 15.6. The number of nitrogens with one attached hydrogen (secondary N) is 5. The molecule has 5 rings (SSSR count). The minimum atomic E-state index is -1.04. The molecule has 1 aliphatic heterocycles. The number of rotatable bonds is 8. The fraction of sp³-hybridized carbons (Fsp3) is 0.314. The number of phenols is 1. The van der Waals surface area contributed by atoms with E-state index >= 15 is 0 Å². The summed E-state index contributed by atoms with van der Waals surface area (Å²) in [4.78, 5) is 57.3. The van der Waals surface area contributed by atoms with Crippen molar-refractivity contribution in [1.29, 1.82) is 0 Å². The molecule has 3 unspecified atom stereocenters. The molecule has 12 heteroatoms. The molecule has 4 aromatic rings. The molecule has 11 nitrogen and oxygen atoms in total. The Morgan fingerprint density at radius 3 is 2.28 bits per heavy atom. The largest absolute Gasteiger partial charge is 0.508 e. The monoisotopic (exact) mass is 660 g/mol. The van der Waals surface area contributed by atoms with Gasteiger partial charge in [0.1, 0.15) is 23.9 Å². The Balaban J connectivity index is 0.00000500. The summed E-state index contributed by atoms with van der Waals surface area (Å²) in [6, 6.07) is 19.7. The average molecular weight is 661 g/mol. The van der Waals surface area contributed by atoms with Crippen LogP contribution in [0.5, 0.6) is 5.75 Å². The van der Waals surface area contributed by atoms with Crippen LogP contribution < -0.4 is 27.0 Å². The topological polar surface area (TPSA) is 178 Å². The number of carbonyl (C=O) groups is 4. The number of phenolic OH excluding ortho intramolecular Hbond substituents is 1. The molecule has 1 fully saturated rings. The zero-order chi connectivity index (χ0) is 32.5. The van der Waals surface area contributed by atoms with E-state index in [1.54, 1.807) is 18.3 Å².